The number of rotatable bonds is 5. The lowest BCUT2D eigenvalue weighted by molar-refractivity contribution is -0.119. The minimum absolute atomic E-state index is 0.220. The third kappa shape index (κ3) is 4.49. The predicted molar refractivity (Wildman–Crippen MR) is 94.9 cm³/mol. The number of hydrogen-bond acceptors (Lipinski definition) is 5. The molecule has 1 unspecified atom stereocenters. The Hall–Kier alpha value is -3.23. The summed E-state index contributed by atoms with van der Waals surface area (Å²) in [5.41, 5.74) is 1.05. The van der Waals surface area contributed by atoms with Crippen LogP contribution in [0.5, 0.6) is 5.75 Å². The Morgan fingerprint density at radius 2 is 2.07 bits per heavy atom. The maximum absolute atomic E-state index is 13.4. The molecule has 1 heterocycles. The lowest BCUT2D eigenvalue weighted by Gasteiger charge is -2.12. The van der Waals surface area contributed by atoms with Crippen LogP contribution in [-0.4, -0.2) is 40.2 Å². The summed E-state index contributed by atoms with van der Waals surface area (Å²) in [6.45, 7) is 0. The highest BCUT2D eigenvalue weighted by Gasteiger charge is 2.31. The Labute approximate surface area is 154 Å². The SMILES string of the molecule is COc1cc(F)ccc1-c1cc(NC(=O)[C@H]2CCC(NC(=O)O)C2)ncn1. The van der Waals surface area contributed by atoms with E-state index in [1.54, 1.807) is 12.1 Å². The minimum atomic E-state index is -1.09. The van der Waals surface area contributed by atoms with E-state index < -0.39 is 11.9 Å². The molecule has 8 nitrogen and oxygen atoms in total. The lowest BCUT2D eigenvalue weighted by atomic mass is 10.1. The average molecular weight is 374 g/mol. The lowest BCUT2D eigenvalue weighted by Crippen LogP contribution is -2.32. The van der Waals surface area contributed by atoms with Crippen LogP contribution in [0.15, 0.2) is 30.6 Å². The Balaban J connectivity index is 1.71. The van der Waals surface area contributed by atoms with Gasteiger partial charge < -0.3 is 20.5 Å². The maximum atomic E-state index is 13.4. The van der Waals surface area contributed by atoms with Crippen LogP contribution < -0.4 is 15.4 Å². The van der Waals surface area contributed by atoms with Gasteiger partial charge in [0.2, 0.25) is 5.91 Å². The van der Waals surface area contributed by atoms with Gasteiger partial charge in [-0.3, -0.25) is 4.79 Å². The van der Waals surface area contributed by atoms with Crippen LogP contribution in [0.4, 0.5) is 15.0 Å². The van der Waals surface area contributed by atoms with Crippen molar-refractivity contribution < 1.29 is 23.8 Å². The molecule has 1 aromatic carbocycles. The van der Waals surface area contributed by atoms with Crippen LogP contribution in [0.25, 0.3) is 11.3 Å². The van der Waals surface area contributed by atoms with Crippen LogP contribution in [0, 0.1) is 11.7 Å². The van der Waals surface area contributed by atoms with Crippen molar-refractivity contribution in [2.75, 3.05) is 12.4 Å². The van der Waals surface area contributed by atoms with Crippen molar-refractivity contribution in [2.45, 2.75) is 25.3 Å². The predicted octanol–water partition coefficient (Wildman–Crippen LogP) is 2.67. The van der Waals surface area contributed by atoms with E-state index >= 15 is 0 Å². The highest BCUT2D eigenvalue weighted by atomic mass is 19.1. The average Bonchev–Trinajstić information content (AvgIpc) is 3.09. The Bertz CT molecular complexity index is 861. The van der Waals surface area contributed by atoms with E-state index in [1.165, 1.54) is 25.6 Å². The van der Waals surface area contributed by atoms with Gasteiger partial charge in [0.05, 0.1) is 12.8 Å². The van der Waals surface area contributed by atoms with Gasteiger partial charge >= 0.3 is 6.09 Å². The molecule has 27 heavy (non-hydrogen) atoms. The van der Waals surface area contributed by atoms with Gasteiger partial charge in [0, 0.05) is 29.7 Å². The van der Waals surface area contributed by atoms with Crippen molar-refractivity contribution in [1.82, 2.24) is 15.3 Å². The number of anilines is 1. The topological polar surface area (TPSA) is 113 Å². The molecule has 142 valence electrons. The van der Waals surface area contributed by atoms with E-state index in [0.717, 1.165) is 0 Å². The monoisotopic (exact) mass is 374 g/mol. The highest BCUT2D eigenvalue weighted by molar-refractivity contribution is 5.92. The summed E-state index contributed by atoms with van der Waals surface area (Å²) < 4.78 is 18.6. The number of amides is 2. The van der Waals surface area contributed by atoms with Crippen molar-refractivity contribution in [3.8, 4) is 17.0 Å². The van der Waals surface area contributed by atoms with E-state index in [1.807, 2.05) is 0 Å². The van der Waals surface area contributed by atoms with Crippen molar-refractivity contribution >= 4 is 17.8 Å². The van der Waals surface area contributed by atoms with Crippen LogP contribution in [0.3, 0.4) is 0 Å². The third-order valence-electron chi connectivity index (χ3n) is 4.49. The minimum Gasteiger partial charge on any atom is -0.496 e. The van der Waals surface area contributed by atoms with Gasteiger partial charge in [-0.05, 0) is 31.4 Å². The number of nitrogens with one attached hydrogen (secondary N) is 2. The molecule has 2 amide bonds. The summed E-state index contributed by atoms with van der Waals surface area (Å²) >= 11 is 0. The van der Waals surface area contributed by atoms with E-state index in [0.29, 0.717) is 42.1 Å². The molecule has 1 aliphatic rings. The molecule has 0 saturated heterocycles. The molecule has 2 aromatic rings. The van der Waals surface area contributed by atoms with Crippen LogP contribution in [0.1, 0.15) is 19.3 Å². The molecular formula is C18H19FN4O4. The van der Waals surface area contributed by atoms with Crippen LogP contribution in [0.2, 0.25) is 0 Å². The van der Waals surface area contributed by atoms with Gasteiger partial charge in [-0.25, -0.2) is 19.2 Å². The molecule has 0 spiro atoms. The van der Waals surface area contributed by atoms with Gasteiger partial charge in [-0.2, -0.15) is 0 Å². The first-order valence-corrected chi connectivity index (χ1v) is 8.42. The Morgan fingerprint density at radius 3 is 2.81 bits per heavy atom. The smallest absolute Gasteiger partial charge is 0.404 e. The summed E-state index contributed by atoms with van der Waals surface area (Å²) in [5.74, 6) is -0.305. The molecule has 3 N–H and O–H groups in total. The number of benzene rings is 1. The molecule has 0 aliphatic heterocycles. The summed E-state index contributed by atoms with van der Waals surface area (Å²) in [4.78, 5) is 31.4. The standard InChI is InChI=1S/C18H19FN4O4/c1-27-15-7-11(19)3-5-13(15)14-8-16(21-9-20-14)23-17(24)10-2-4-12(6-10)22-18(25)26/h3,5,7-10,12,22H,2,4,6H2,1H3,(H,25,26)(H,20,21,23,24)/t10-,12?/m0/s1. The molecule has 0 bridgehead atoms. The number of aromatic nitrogens is 2. The van der Waals surface area contributed by atoms with Gasteiger partial charge in [0.15, 0.2) is 0 Å². The molecule has 1 fully saturated rings. The van der Waals surface area contributed by atoms with Gasteiger partial charge in [-0.15, -0.1) is 0 Å². The first-order valence-electron chi connectivity index (χ1n) is 8.42. The first kappa shape index (κ1) is 18.6. The van der Waals surface area contributed by atoms with Crippen molar-refractivity contribution in [3.05, 3.63) is 36.4 Å². The second-order valence-electron chi connectivity index (χ2n) is 6.28. The summed E-state index contributed by atoms with van der Waals surface area (Å²) in [5, 5.41) is 13.9. The zero-order valence-electron chi connectivity index (χ0n) is 14.6. The van der Waals surface area contributed by atoms with Crippen LogP contribution >= 0.6 is 0 Å². The number of ether oxygens (including phenoxy) is 1. The number of nitrogens with zero attached hydrogens (tertiary/aromatic N) is 2. The van der Waals surface area contributed by atoms with Gasteiger partial charge in [-0.1, -0.05) is 0 Å². The van der Waals surface area contributed by atoms with E-state index in [2.05, 4.69) is 20.6 Å². The van der Waals surface area contributed by atoms with Gasteiger partial charge in [0.25, 0.3) is 0 Å². The Morgan fingerprint density at radius 1 is 1.26 bits per heavy atom. The fraction of sp³-hybridized carbons (Fsp3) is 0.333. The quantitative estimate of drug-likeness (QED) is 0.741. The van der Waals surface area contributed by atoms with Crippen molar-refractivity contribution in [1.29, 1.82) is 0 Å². The number of halogens is 1. The fourth-order valence-electron chi connectivity index (χ4n) is 3.20. The molecule has 2 atom stereocenters. The molecule has 1 aliphatic carbocycles. The molecule has 9 heteroatoms. The van der Waals surface area contributed by atoms with E-state index in [-0.39, 0.29) is 17.9 Å². The molecule has 1 saturated carbocycles. The highest BCUT2D eigenvalue weighted by Crippen LogP contribution is 2.30. The summed E-state index contributed by atoms with van der Waals surface area (Å²) in [6, 6.07) is 5.45. The van der Waals surface area contributed by atoms with E-state index in [9.17, 15) is 14.0 Å². The first-order chi connectivity index (χ1) is 13.0. The van der Waals surface area contributed by atoms with Gasteiger partial charge in [0.1, 0.15) is 23.7 Å². The van der Waals surface area contributed by atoms with E-state index in [4.69, 9.17) is 9.84 Å². The maximum Gasteiger partial charge on any atom is 0.404 e. The molecular weight excluding hydrogens is 355 g/mol. The fourth-order valence-corrected chi connectivity index (χ4v) is 3.20. The zero-order valence-corrected chi connectivity index (χ0v) is 14.6. The number of hydrogen-bond donors (Lipinski definition) is 3. The molecule has 3 rings (SSSR count). The second-order valence-corrected chi connectivity index (χ2v) is 6.28. The third-order valence-corrected chi connectivity index (χ3v) is 4.49. The number of carboxylic acid groups (broad SMARTS) is 1. The normalized spacial score (nSPS) is 18.7. The number of carbonyl (C=O) groups excluding carboxylic acids is 1. The zero-order chi connectivity index (χ0) is 19.4. The second kappa shape index (κ2) is 7.98. The molecule has 1 aromatic heterocycles. The van der Waals surface area contributed by atoms with Crippen molar-refractivity contribution in [3.63, 3.8) is 0 Å². The summed E-state index contributed by atoms with van der Waals surface area (Å²) in [7, 11) is 1.43. The number of carbonyl (C=O) groups is 2. The Kier molecular flexibility index (Phi) is 5.49. The largest absolute Gasteiger partial charge is 0.496 e. The van der Waals surface area contributed by atoms with Crippen LogP contribution in [-0.2, 0) is 4.79 Å². The number of methoxy groups -OCH3 is 1. The summed E-state index contributed by atoms with van der Waals surface area (Å²) in [6.07, 6.45) is 1.88. The molecule has 0 radical (unpaired) electrons. The van der Waals surface area contributed by atoms with Crippen molar-refractivity contribution in [2.24, 2.45) is 5.92 Å².